The lowest BCUT2D eigenvalue weighted by molar-refractivity contribution is 0.132. The number of ether oxygens (including phenoxy) is 1. The fourth-order valence-electron chi connectivity index (χ4n) is 1.08. The number of hydrogen-bond acceptors (Lipinski definition) is 3. The highest BCUT2D eigenvalue weighted by atomic mass is 19.1. The van der Waals surface area contributed by atoms with E-state index in [1.807, 2.05) is 0 Å². The van der Waals surface area contributed by atoms with Crippen LogP contribution in [-0.2, 0) is 4.74 Å². The normalized spacial score (nSPS) is 12.5. The quantitative estimate of drug-likeness (QED) is 0.718. The Morgan fingerprint density at radius 3 is 2.92 bits per heavy atom. The number of halogens is 1. The first-order valence-corrected chi connectivity index (χ1v) is 3.73. The van der Waals surface area contributed by atoms with E-state index < -0.39 is 12.1 Å². The van der Waals surface area contributed by atoms with E-state index in [2.05, 4.69) is 11.6 Å². The molecule has 1 aromatic rings. The molecule has 0 fully saturated rings. The molecule has 0 aliphatic carbocycles. The number of methoxy groups -OCH3 is 1. The molecule has 0 saturated carbocycles. The Morgan fingerprint density at radius 2 is 2.46 bits per heavy atom. The van der Waals surface area contributed by atoms with Crippen LogP contribution in [-0.4, -0.2) is 12.1 Å². The molecule has 0 aromatic carbocycles. The first-order chi connectivity index (χ1) is 6.15. The van der Waals surface area contributed by atoms with Gasteiger partial charge in [-0.2, -0.15) is 4.39 Å². The molecule has 0 radical (unpaired) electrons. The van der Waals surface area contributed by atoms with E-state index in [-0.39, 0.29) is 0 Å². The number of nitrogens with zero attached hydrogens (tertiary/aromatic N) is 1. The van der Waals surface area contributed by atoms with E-state index in [1.54, 1.807) is 6.07 Å². The highest BCUT2D eigenvalue weighted by molar-refractivity contribution is 5.21. The van der Waals surface area contributed by atoms with Gasteiger partial charge < -0.3 is 10.5 Å². The Bertz CT molecular complexity index is 314. The monoisotopic (exact) mass is 182 g/mol. The average Bonchev–Trinajstić information content (AvgIpc) is 2.04. The molecule has 13 heavy (non-hydrogen) atoms. The Kier molecular flexibility index (Phi) is 2.97. The smallest absolute Gasteiger partial charge is 0.213 e. The van der Waals surface area contributed by atoms with Crippen LogP contribution in [0.1, 0.15) is 11.7 Å². The zero-order valence-electron chi connectivity index (χ0n) is 7.33. The molecule has 0 amide bonds. The molecule has 4 heteroatoms. The molecule has 2 N–H and O–H groups in total. The second-order valence-electron chi connectivity index (χ2n) is 2.60. The molecule has 3 nitrogen and oxygen atoms in total. The first-order valence-electron chi connectivity index (χ1n) is 3.73. The summed E-state index contributed by atoms with van der Waals surface area (Å²) in [4.78, 5) is 3.42. The lowest BCUT2D eigenvalue weighted by Crippen LogP contribution is -2.11. The van der Waals surface area contributed by atoms with Gasteiger partial charge in [0.2, 0.25) is 5.95 Å². The number of nitrogens with two attached hydrogens (primary N) is 1. The van der Waals surface area contributed by atoms with Crippen molar-refractivity contribution in [2.24, 2.45) is 5.73 Å². The zero-order valence-corrected chi connectivity index (χ0v) is 7.33. The Morgan fingerprint density at radius 1 is 1.77 bits per heavy atom. The predicted molar refractivity (Wildman–Crippen MR) is 47.3 cm³/mol. The van der Waals surface area contributed by atoms with E-state index in [1.165, 1.54) is 19.4 Å². The van der Waals surface area contributed by atoms with Crippen molar-refractivity contribution < 1.29 is 9.13 Å². The highest BCUT2D eigenvalue weighted by Crippen LogP contribution is 2.20. The standard InChI is InChI=1S/C9H11FN2O/c1-6(11)9(13-2)7-3-4-12-8(10)5-7/h3-5,9H,1,11H2,2H3. The molecule has 0 spiro atoms. The van der Waals surface area contributed by atoms with Crippen molar-refractivity contribution in [3.8, 4) is 0 Å². The van der Waals surface area contributed by atoms with Crippen LogP contribution in [0.2, 0.25) is 0 Å². The van der Waals surface area contributed by atoms with Crippen LogP contribution >= 0.6 is 0 Å². The fraction of sp³-hybridized carbons (Fsp3) is 0.222. The van der Waals surface area contributed by atoms with E-state index >= 15 is 0 Å². The molecule has 0 aliphatic heterocycles. The number of rotatable bonds is 3. The van der Waals surface area contributed by atoms with E-state index in [0.29, 0.717) is 11.3 Å². The fourth-order valence-corrected chi connectivity index (χ4v) is 1.08. The largest absolute Gasteiger partial charge is 0.400 e. The number of pyridine rings is 1. The van der Waals surface area contributed by atoms with Crippen molar-refractivity contribution in [3.05, 3.63) is 42.1 Å². The van der Waals surface area contributed by atoms with Crippen molar-refractivity contribution in [1.29, 1.82) is 0 Å². The summed E-state index contributed by atoms with van der Waals surface area (Å²) in [6.07, 6.45) is 0.886. The Balaban J connectivity index is 2.98. The van der Waals surface area contributed by atoms with Crippen LogP contribution in [0.5, 0.6) is 0 Å². The molecule has 0 saturated heterocycles. The minimum absolute atomic E-state index is 0.341. The molecule has 0 bridgehead atoms. The van der Waals surface area contributed by atoms with E-state index in [4.69, 9.17) is 10.5 Å². The van der Waals surface area contributed by atoms with Gasteiger partial charge in [0, 0.05) is 19.0 Å². The predicted octanol–water partition coefficient (Wildman–Crippen LogP) is 1.38. The van der Waals surface area contributed by atoms with Gasteiger partial charge in [-0.1, -0.05) is 6.58 Å². The summed E-state index contributed by atoms with van der Waals surface area (Å²) >= 11 is 0. The maximum absolute atomic E-state index is 12.7. The van der Waals surface area contributed by atoms with Gasteiger partial charge in [-0.25, -0.2) is 4.98 Å². The van der Waals surface area contributed by atoms with Gasteiger partial charge in [0.15, 0.2) is 0 Å². The summed E-state index contributed by atoms with van der Waals surface area (Å²) in [6.45, 7) is 3.54. The van der Waals surface area contributed by atoms with Gasteiger partial charge in [0.05, 0.1) is 0 Å². The lowest BCUT2D eigenvalue weighted by atomic mass is 10.1. The Labute approximate surface area is 76.0 Å². The summed E-state index contributed by atoms with van der Waals surface area (Å²) in [5.74, 6) is -0.555. The third kappa shape index (κ3) is 2.26. The van der Waals surface area contributed by atoms with Crippen LogP contribution in [0.3, 0.4) is 0 Å². The van der Waals surface area contributed by atoms with E-state index in [0.717, 1.165) is 0 Å². The number of hydrogen-bond donors (Lipinski definition) is 1. The summed E-state index contributed by atoms with van der Waals surface area (Å²) in [7, 11) is 1.49. The maximum atomic E-state index is 12.7. The van der Waals surface area contributed by atoms with Gasteiger partial charge in [-0.3, -0.25) is 0 Å². The van der Waals surface area contributed by atoms with Gasteiger partial charge in [0.25, 0.3) is 0 Å². The molecule has 70 valence electrons. The summed E-state index contributed by atoms with van der Waals surface area (Å²) in [6, 6.07) is 2.90. The molecular formula is C9H11FN2O. The van der Waals surface area contributed by atoms with Crippen molar-refractivity contribution in [2.75, 3.05) is 7.11 Å². The topological polar surface area (TPSA) is 48.1 Å². The second-order valence-corrected chi connectivity index (χ2v) is 2.60. The van der Waals surface area contributed by atoms with Gasteiger partial charge in [0.1, 0.15) is 6.10 Å². The van der Waals surface area contributed by atoms with Crippen molar-refractivity contribution >= 4 is 0 Å². The first kappa shape index (κ1) is 9.67. The molecule has 0 aliphatic rings. The second kappa shape index (κ2) is 4.00. The third-order valence-electron chi connectivity index (χ3n) is 1.63. The van der Waals surface area contributed by atoms with Crippen molar-refractivity contribution in [3.63, 3.8) is 0 Å². The van der Waals surface area contributed by atoms with Crippen molar-refractivity contribution in [1.82, 2.24) is 4.98 Å². The minimum atomic E-state index is -0.555. The van der Waals surface area contributed by atoms with Crippen LogP contribution in [0.15, 0.2) is 30.6 Å². The molecule has 1 rings (SSSR count). The third-order valence-corrected chi connectivity index (χ3v) is 1.63. The van der Waals surface area contributed by atoms with Crippen LogP contribution in [0, 0.1) is 5.95 Å². The molecule has 1 atom stereocenters. The molecule has 1 heterocycles. The summed E-state index contributed by atoms with van der Waals surface area (Å²) < 4.78 is 17.7. The van der Waals surface area contributed by atoms with Crippen LogP contribution in [0.4, 0.5) is 4.39 Å². The van der Waals surface area contributed by atoms with Gasteiger partial charge in [-0.05, 0) is 17.7 Å². The van der Waals surface area contributed by atoms with Gasteiger partial charge in [-0.15, -0.1) is 0 Å². The summed E-state index contributed by atoms with van der Waals surface area (Å²) in [5, 5.41) is 0. The molecule has 1 aromatic heterocycles. The summed E-state index contributed by atoms with van der Waals surface area (Å²) in [5.41, 5.74) is 6.42. The van der Waals surface area contributed by atoms with Gasteiger partial charge >= 0.3 is 0 Å². The number of aromatic nitrogens is 1. The van der Waals surface area contributed by atoms with Crippen LogP contribution < -0.4 is 5.73 Å². The molecule has 1 unspecified atom stereocenters. The van der Waals surface area contributed by atoms with E-state index in [9.17, 15) is 4.39 Å². The highest BCUT2D eigenvalue weighted by Gasteiger charge is 2.12. The SMILES string of the molecule is C=C(N)C(OC)c1ccnc(F)c1. The average molecular weight is 182 g/mol. The lowest BCUT2D eigenvalue weighted by Gasteiger charge is -2.14. The van der Waals surface area contributed by atoms with Crippen molar-refractivity contribution in [2.45, 2.75) is 6.10 Å². The Hall–Kier alpha value is -1.42. The minimum Gasteiger partial charge on any atom is -0.400 e. The maximum Gasteiger partial charge on any atom is 0.213 e. The van der Waals surface area contributed by atoms with Crippen LogP contribution in [0.25, 0.3) is 0 Å². The molecular weight excluding hydrogens is 171 g/mol. The zero-order chi connectivity index (χ0) is 9.84.